The largest absolute Gasteiger partial charge is 0.355 e. The number of amides is 2. The fraction of sp³-hybridized carbons (Fsp3) is 0.750. The fourth-order valence-electron chi connectivity index (χ4n) is 1.21. The molecule has 1 heterocycles. The molecule has 1 rings (SSSR count). The van der Waals surface area contributed by atoms with Crippen LogP contribution in [0.3, 0.4) is 0 Å². The normalized spacial score (nSPS) is 23.8. The van der Waals surface area contributed by atoms with Crippen molar-refractivity contribution in [2.24, 2.45) is 11.7 Å². The maximum Gasteiger partial charge on any atom is 0.225 e. The number of rotatable bonds is 3. The van der Waals surface area contributed by atoms with Crippen molar-refractivity contribution in [3.8, 4) is 0 Å². The van der Waals surface area contributed by atoms with Crippen LogP contribution in [0.15, 0.2) is 0 Å². The molecule has 0 radical (unpaired) electrons. The van der Waals surface area contributed by atoms with E-state index in [2.05, 4.69) is 10.6 Å². The first-order chi connectivity index (χ1) is 6.13. The summed E-state index contributed by atoms with van der Waals surface area (Å²) in [4.78, 5) is 22.2. The van der Waals surface area contributed by atoms with Gasteiger partial charge in [0.1, 0.15) is 0 Å². The molecule has 0 spiro atoms. The Kier molecular flexibility index (Phi) is 3.25. The molecule has 0 aliphatic carbocycles. The summed E-state index contributed by atoms with van der Waals surface area (Å²) < 4.78 is 0. The van der Waals surface area contributed by atoms with Gasteiger partial charge in [0.05, 0.1) is 5.92 Å². The van der Waals surface area contributed by atoms with Crippen LogP contribution in [0.25, 0.3) is 0 Å². The smallest absolute Gasteiger partial charge is 0.225 e. The Balaban J connectivity index is 2.35. The van der Waals surface area contributed by atoms with Gasteiger partial charge < -0.3 is 16.4 Å². The second-order valence-corrected chi connectivity index (χ2v) is 3.35. The van der Waals surface area contributed by atoms with Gasteiger partial charge in [-0.05, 0) is 6.92 Å². The van der Waals surface area contributed by atoms with Gasteiger partial charge in [-0.3, -0.25) is 9.59 Å². The predicted molar refractivity (Wildman–Crippen MR) is 47.8 cm³/mol. The lowest BCUT2D eigenvalue weighted by molar-refractivity contribution is -0.126. The molecule has 13 heavy (non-hydrogen) atoms. The zero-order chi connectivity index (χ0) is 9.84. The van der Waals surface area contributed by atoms with Crippen LogP contribution in [0.5, 0.6) is 0 Å². The van der Waals surface area contributed by atoms with E-state index in [1.54, 1.807) is 0 Å². The Labute approximate surface area is 77.1 Å². The van der Waals surface area contributed by atoms with E-state index in [4.69, 9.17) is 5.73 Å². The van der Waals surface area contributed by atoms with Crippen LogP contribution < -0.4 is 16.4 Å². The third-order valence-electron chi connectivity index (χ3n) is 2.09. The molecule has 0 saturated carbocycles. The second kappa shape index (κ2) is 4.23. The maximum absolute atomic E-state index is 11.4. The number of hydrogen-bond acceptors (Lipinski definition) is 3. The van der Waals surface area contributed by atoms with Gasteiger partial charge in [-0.1, -0.05) is 0 Å². The fourth-order valence-corrected chi connectivity index (χ4v) is 1.21. The summed E-state index contributed by atoms with van der Waals surface area (Å²) in [6, 6.07) is -0.0248. The third kappa shape index (κ3) is 2.69. The molecule has 2 atom stereocenters. The Bertz CT molecular complexity index is 217. The van der Waals surface area contributed by atoms with Gasteiger partial charge >= 0.3 is 0 Å². The monoisotopic (exact) mass is 185 g/mol. The second-order valence-electron chi connectivity index (χ2n) is 3.35. The van der Waals surface area contributed by atoms with Crippen molar-refractivity contribution in [3.05, 3.63) is 0 Å². The summed E-state index contributed by atoms with van der Waals surface area (Å²) in [6.07, 6.45) is 0.295. The molecule has 74 valence electrons. The van der Waals surface area contributed by atoms with Crippen LogP contribution >= 0.6 is 0 Å². The van der Waals surface area contributed by atoms with Crippen LogP contribution in [0.1, 0.15) is 13.3 Å². The average Bonchev–Trinajstić information content (AvgIpc) is 2.51. The zero-order valence-electron chi connectivity index (χ0n) is 7.67. The van der Waals surface area contributed by atoms with Crippen LogP contribution in [0.4, 0.5) is 0 Å². The Morgan fingerprint density at radius 2 is 2.54 bits per heavy atom. The number of nitrogens with two attached hydrogens (primary N) is 1. The van der Waals surface area contributed by atoms with Gasteiger partial charge in [-0.25, -0.2) is 0 Å². The van der Waals surface area contributed by atoms with Gasteiger partial charge in [0.15, 0.2) is 0 Å². The third-order valence-corrected chi connectivity index (χ3v) is 2.09. The van der Waals surface area contributed by atoms with Crippen molar-refractivity contribution in [3.63, 3.8) is 0 Å². The minimum Gasteiger partial charge on any atom is -0.355 e. The van der Waals surface area contributed by atoms with Crippen molar-refractivity contribution < 1.29 is 9.59 Å². The maximum atomic E-state index is 11.4. The first-order valence-electron chi connectivity index (χ1n) is 4.40. The van der Waals surface area contributed by atoms with E-state index in [9.17, 15) is 9.59 Å². The van der Waals surface area contributed by atoms with E-state index in [1.807, 2.05) is 6.92 Å². The van der Waals surface area contributed by atoms with E-state index >= 15 is 0 Å². The van der Waals surface area contributed by atoms with Gasteiger partial charge in [0, 0.05) is 25.6 Å². The highest BCUT2D eigenvalue weighted by molar-refractivity contribution is 5.89. The van der Waals surface area contributed by atoms with Crippen molar-refractivity contribution in [2.75, 3.05) is 13.1 Å². The van der Waals surface area contributed by atoms with Gasteiger partial charge in [0.25, 0.3) is 0 Å². The average molecular weight is 185 g/mol. The predicted octanol–water partition coefficient (Wildman–Crippen LogP) is -1.41. The topological polar surface area (TPSA) is 84.2 Å². The van der Waals surface area contributed by atoms with Crippen LogP contribution in [0.2, 0.25) is 0 Å². The van der Waals surface area contributed by atoms with Crippen LogP contribution in [-0.2, 0) is 9.59 Å². The Hall–Kier alpha value is -1.10. The number of hydrogen-bond donors (Lipinski definition) is 3. The lowest BCUT2D eigenvalue weighted by Gasteiger charge is -2.13. The lowest BCUT2D eigenvalue weighted by Crippen LogP contribution is -2.41. The number of nitrogens with one attached hydrogen (secondary N) is 2. The molecular formula is C8H15N3O2. The summed E-state index contributed by atoms with van der Waals surface area (Å²) in [7, 11) is 0. The lowest BCUT2D eigenvalue weighted by atomic mass is 10.1. The molecule has 2 unspecified atom stereocenters. The van der Waals surface area contributed by atoms with E-state index < -0.39 is 0 Å². The SMILES string of the molecule is CC(CN)NC(=O)C1CNC(=O)C1. The van der Waals surface area contributed by atoms with Crippen molar-refractivity contribution in [1.82, 2.24) is 10.6 Å². The van der Waals surface area contributed by atoms with E-state index in [-0.39, 0.29) is 23.8 Å². The highest BCUT2D eigenvalue weighted by Gasteiger charge is 2.28. The van der Waals surface area contributed by atoms with Gasteiger partial charge in [-0.2, -0.15) is 0 Å². The molecule has 4 N–H and O–H groups in total. The van der Waals surface area contributed by atoms with E-state index in [1.165, 1.54) is 0 Å². The highest BCUT2D eigenvalue weighted by atomic mass is 16.2. The summed E-state index contributed by atoms with van der Waals surface area (Å²) >= 11 is 0. The summed E-state index contributed by atoms with van der Waals surface area (Å²) in [5.41, 5.74) is 5.35. The molecule has 0 aromatic heterocycles. The molecule has 5 nitrogen and oxygen atoms in total. The minimum atomic E-state index is -0.221. The summed E-state index contributed by atoms with van der Waals surface area (Å²) in [5.74, 6) is -0.363. The van der Waals surface area contributed by atoms with E-state index in [0.717, 1.165) is 0 Å². The number of carbonyl (C=O) groups excluding carboxylic acids is 2. The van der Waals surface area contributed by atoms with Crippen molar-refractivity contribution >= 4 is 11.8 Å². The Morgan fingerprint density at radius 1 is 1.85 bits per heavy atom. The molecule has 1 aliphatic heterocycles. The minimum absolute atomic E-state index is 0.0248. The van der Waals surface area contributed by atoms with Crippen molar-refractivity contribution in [1.29, 1.82) is 0 Å². The van der Waals surface area contributed by atoms with Gasteiger partial charge in [-0.15, -0.1) is 0 Å². The summed E-state index contributed by atoms with van der Waals surface area (Å²) in [6.45, 7) is 2.70. The molecule has 0 aromatic rings. The molecular weight excluding hydrogens is 170 g/mol. The molecule has 2 amide bonds. The van der Waals surface area contributed by atoms with Gasteiger partial charge in [0.2, 0.25) is 11.8 Å². The highest BCUT2D eigenvalue weighted by Crippen LogP contribution is 2.08. The molecule has 1 saturated heterocycles. The molecule has 1 fully saturated rings. The standard InChI is InChI=1S/C8H15N3O2/c1-5(3-9)11-8(13)6-2-7(12)10-4-6/h5-6H,2-4,9H2,1H3,(H,10,12)(H,11,13). The molecule has 5 heteroatoms. The molecule has 0 aromatic carbocycles. The Morgan fingerprint density at radius 3 is 3.00 bits per heavy atom. The van der Waals surface area contributed by atoms with E-state index in [0.29, 0.717) is 19.5 Å². The van der Waals surface area contributed by atoms with Crippen LogP contribution in [0, 0.1) is 5.92 Å². The molecule has 1 aliphatic rings. The zero-order valence-corrected chi connectivity index (χ0v) is 7.67. The first-order valence-corrected chi connectivity index (χ1v) is 4.40. The quantitative estimate of drug-likeness (QED) is 0.505. The molecule has 0 bridgehead atoms. The first kappa shape index (κ1) is 9.98. The summed E-state index contributed by atoms with van der Waals surface area (Å²) in [5, 5.41) is 5.35. The number of carbonyl (C=O) groups is 2. The van der Waals surface area contributed by atoms with Crippen molar-refractivity contribution in [2.45, 2.75) is 19.4 Å². The van der Waals surface area contributed by atoms with Crippen LogP contribution in [-0.4, -0.2) is 30.9 Å².